The van der Waals surface area contributed by atoms with Crippen molar-refractivity contribution in [1.82, 2.24) is 10.0 Å². The number of nitrogens with zero attached hydrogens (tertiary/aromatic N) is 1. The molecular weight excluding hydrogens is 266 g/mol. The molecule has 0 bridgehead atoms. The van der Waals surface area contributed by atoms with Gasteiger partial charge in [0.25, 0.3) is 0 Å². The average Bonchev–Trinajstić information content (AvgIpc) is 2.38. The Morgan fingerprint density at radius 3 is 2.63 bits per heavy atom. The summed E-state index contributed by atoms with van der Waals surface area (Å²) in [5.41, 5.74) is 0.0399. The molecule has 1 aromatic carbocycles. The molecule has 0 spiro atoms. The van der Waals surface area contributed by atoms with Crippen molar-refractivity contribution in [3.8, 4) is 6.07 Å². The van der Waals surface area contributed by atoms with Gasteiger partial charge in [0.2, 0.25) is 15.9 Å². The minimum absolute atomic E-state index is 0.0399. The van der Waals surface area contributed by atoms with Crippen LogP contribution in [0.2, 0.25) is 0 Å². The standard InChI is InChI=1S/C12H15N3O3S/c1-3-14-12(16)9(2)15-19(17,18)11-7-5-4-6-10(11)8-13/h4-7,9,15H,3H2,1-2H3,(H,14,16)/t9-/m0/s1. The Kier molecular flexibility index (Phi) is 5.03. The van der Waals surface area contributed by atoms with E-state index in [2.05, 4.69) is 10.0 Å². The first-order chi connectivity index (χ1) is 8.92. The second-order valence-corrected chi connectivity index (χ2v) is 5.53. The van der Waals surface area contributed by atoms with Gasteiger partial charge in [-0.2, -0.15) is 9.98 Å². The Labute approximate surface area is 112 Å². The van der Waals surface area contributed by atoms with Crippen molar-refractivity contribution in [3.63, 3.8) is 0 Å². The van der Waals surface area contributed by atoms with Crippen molar-refractivity contribution in [2.45, 2.75) is 24.8 Å². The molecule has 0 radical (unpaired) electrons. The molecule has 1 atom stereocenters. The molecule has 1 amide bonds. The number of hydrogen-bond acceptors (Lipinski definition) is 4. The Hall–Kier alpha value is -1.91. The van der Waals surface area contributed by atoms with Gasteiger partial charge in [-0.25, -0.2) is 8.42 Å². The van der Waals surface area contributed by atoms with Crippen LogP contribution in [0.15, 0.2) is 29.2 Å². The molecule has 2 N–H and O–H groups in total. The van der Waals surface area contributed by atoms with Gasteiger partial charge in [-0.3, -0.25) is 4.79 Å². The molecule has 0 heterocycles. The second-order valence-electron chi connectivity index (χ2n) is 3.85. The van der Waals surface area contributed by atoms with Crippen molar-refractivity contribution in [1.29, 1.82) is 5.26 Å². The van der Waals surface area contributed by atoms with Gasteiger partial charge in [0.15, 0.2) is 0 Å². The van der Waals surface area contributed by atoms with Crippen LogP contribution in [-0.4, -0.2) is 26.9 Å². The number of hydrogen-bond donors (Lipinski definition) is 2. The zero-order valence-corrected chi connectivity index (χ0v) is 11.5. The van der Waals surface area contributed by atoms with Gasteiger partial charge in [-0.15, -0.1) is 0 Å². The van der Waals surface area contributed by atoms with Crippen molar-refractivity contribution in [2.75, 3.05) is 6.54 Å². The summed E-state index contributed by atoms with van der Waals surface area (Å²) in [6.45, 7) is 3.60. The van der Waals surface area contributed by atoms with E-state index in [1.807, 2.05) is 6.07 Å². The van der Waals surface area contributed by atoms with E-state index in [0.717, 1.165) is 0 Å². The summed E-state index contributed by atoms with van der Waals surface area (Å²) >= 11 is 0. The van der Waals surface area contributed by atoms with Gasteiger partial charge >= 0.3 is 0 Å². The summed E-state index contributed by atoms with van der Waals surface area (Å²) in [5, 5.41) is 11.4. The predicted molar refractivity (Wildman–Crippen MR) is 69.6 cm³/mol. The van der Waals surface area contributed by atoms with Crippen molar-refractivity contribution in [2.24, 2.45) is 0 Å². The molecule has 6 nitrogen and oxygen atoms in total. The lowest BCUT2D eigenvalue weighted by Gasteiger charge is -2.14. The maximum atomic E-state index is 12.1. The topological polar surface area (TPSA) is 99.1 Å². The van der Waals surface area contributed by atoms with Gasteiger partial charge in [-0.1, -0.05) is 12.1 Å². The van der Waals surface area contributed by atoms with Crippen LogP contribution < -0.4 is 10.0 Å². The van der Waals surface area contributed by atoms with Crippen LogP contribution in [0.5, 0.6) is 0 Å². The van der Waals surface area contributed by atoms with E-state index in [-0.39, 0.29) is 10.5 Å². The summed E-state index contributed by atoms with van der Waals surface area (Å²) < 4.78 is 26.4. The summed E-state index contributed by atoms with van der Waals surface area (Å²) in [6, 6.07) is 6.73. The number of amides is 1. The van der Waals surface area contributed by atoms with Gasteiger partial charge in [0, 0.05) is 6.54 Å². The number of nitriles is 1. The number of nitrogens with one attached hydrogen (secondary N) is 2. The molecule has 0 fully saturated rings. The molecule has 0 saturated carbocycles. The van der Waals surface area contributed by atoms with E-state index in [9.17, 15) is 13.2 Å². The SMILES string of the molecule is CCNC(=O)[C@H](C)NS(=O)(=O)c1ccccc1C#N. The summed E-state index contributed by atoms with van der Waals surface area (Å²) in [6.07, 6.45) is 0. The van der Waals surface area contributed by atoms with E-state index in [1.165, 1.54) is 25.1 Å². The average molecular weight is 281 g/mol. The third kappa shape index (κ3) is 3.77. The van der Waals surface area contributed by atoms with E-state index in [0.29, 0.717) is 6.54 Å². The van der Waals surface area contributed by atoms with Gasteiger partial charge in [0.05, 0.1) is 16.5 Å². The number of carbonyl (C=O) groups is 1. The first-order valence-electron chi connectivity index (χ1n) is 5.71. The number of rotatable bonds is 5. The lowest BCUT2D eigenvalue weighted by Crippen LogP contribution is -2.44. The molecule has 0 unspecified atom stereocenters. The lowest BCUT2D eigenvalue weighted by molar-refractivity contribution is -0.122. The third-order valence-corrected chi connectivity index (χ3v) is 3.97. The minimum atomic E-state index is -3.90. The fourth-order valence-corrected chi connectivity index (χ4v) is 2.83. The summed E-state index contributed by atoms with van der Waals surface area (Å²) in [7, 11) is -3.90. The monoisotopic (exact) mass is 281 g/mol. The van der Waals surface area contributed by atoms with E-state index in [4.69, 9.17) is 5.26 Å². The molecule has 0 aliphatic heterocycles. The first kappa shape index (κ1) is 15.1. The number of sulfonamides is 1. The maximum absolute atomic E-state index is 12.1. The Balaban J connectivity index is 3.00. The normalized spacial score (nSPS) is 12.5. The van der Waals surface area contributed by atoms with Crippen LogP contribution in [0.1, 0.15) is 19.4 Å². The van der Waals surface area contributed by atoms with Crippen LogP contribution >= 0.6 is 0 Å². The fourth-order valence-electron chi connectivity index (χ4n) is 1.47. The fraction of sp³-hybridized carbons (Fsp3) is 0.333. The zero-order chi connectivity index (χ0) is 14.5. The Bertz CT molecular complexity index is 605. The van der Waals surface area contributed by atoms with E-state index < -0.39 is 22.0 Å². The second kappa shape index (κ2) is 6.31. The van der Waals surface area contributed by atoms with E-state index in [1.54, 1.807) is 13.0 Å². The molecule has 0 aromatic heterocycles. The highest BCUT2D eigenvalue weighted by molar-refractivity contribution is 7.89. The molecule has 0 saturated heterocycles. The van der Waals surface area contributed by atoms with Crippen LogP contribution in [0.3, 0.4) is 0 Å². The first-order valence-corrected chi connectivity index (χ1v) is 7.20. The number of benzene rings is 1. The van der Waals surface area contributed by atoms with Gasteiger partial charge < -0.3 is 5.32 Å². The van der Waals surface area contributed by atoms with Crippen LogP contribution in [0, 0.1) is 11.3 Å². The van der Waals surface area contributed by atoms with Crippen molar-refractivity contribution >= 4 is 15.9 Å². The number of carbonyl (C=O) groups excluding carboxylic acids is 1. The molecule has 102 valence electrons. The Morgan fingerprint density at radius 2 is 2.05 bits per heavy atom. The van der Waals surface area contributed by atoms with Crippen molar-refractivity contribution < 1.29 is 13.2 Å². The number of likely N-dealkylation sites (N-methyl/N-ethyl adjacent to an activating group) is 1. The highest BCUT2D eigenvalue weighted by Crippen LogP contribution is 2.14. The van der Waals surface area contributed by atoms with Crippen LogP contribution in [-0.2, 0) is 14.8 Å². The zero-order valence-electron chi connectivity index (χ0n) is 10.7. The molecule has 19 heavy (non-hydrogen) atoms. The predicted octanol–water partition coefficient (Wildman–Crippen LogP) is 0.361. The molecule has 1 aromatic rings. The summed E-state index contributed by atoms with van der Waals surface area (Å²) in [4.78, 5) is 11.4. The van der Waals surface area contributed by atoms with Gasteiger partial charge in [0.1, 0.15) is 6.07 Å². The van der Waals surface area contributed by atoms with E-state index >= 15 is 0 Å². The minimum Gasteiger partial charge on any atom is -0.355 e. The highest BCUT2D eigenvalue weighted by Gasteiger charge is 2.23. The summed E-state index contributed by atoms with van der Waals surface area (Å²) in [5.74, 6) is -0.416. The molecule has 7 heteroatoms. The van der Waals surface area contributed by atoms with Crippen LogP contribution in [0.4, 0.5) is 0 Å². The Morgan fingerprint density at radius 1 is 1.42 bits per heavy atom. The maximum Gasteiger partial charge on any atom is 0.242 e. The molecular formula is C12H15N3O3S. The molecule has 1 rings (SSSR count). The quantitative estimate of drug-likeness (QED) is 0.814. The largest absolute Gasteiger partial charge is 0.355 e. The lowest BCUT2D eigenvalue weighted by atomic mass is 10.2. The van der Waals surface area contributed by atoms with Gasteiger partial charge in [-0.05, 0) is 26.0 Å². The third-order valence-electron chi connectivity index (χ3n) is 2.37. The highest BCUT2D eigenvalue weighted by atomic mass is 32.2. The van der Waals surface area contributed by atoms with Crippen molar-refractivity contribution in [3.05, 3.63) is 29.8 Å². The van der Waals surface area contributed by atoms with Crippen LogP contribution in [0.25, 0.3) is 0 Å². The molecule has 0 aliphatic carbocycles. The molecule has 0 aliphatic rings. The smallest absolute Gasteiger partial charge is 0.242 e.